The Morgan fingerprint density at radius 3 is 2.46 bits per heavy atom. The second-order valence-electron chi connectivity index (χ2n) is 6.23. The van der Waals surface area contributed by atoms with Crippen LogP contribution in [-0.2, 0) is 11.8 Å². The molecule has 1 atom stereocenters. The maximum Gasteiger partial charge on any atom is 0.161 e. The number of nitrogens with two attached hydrogens (primary N) is 1. The van der Waals surface area contributed by atoms with Gasteiger partial charge < -0.3 is 24.5 Å². The first-order valence-corrected chi connectivity index (χ1v) is 9.53. The van der Waals surface area contributed by atoms with E-state index in [4.69, 9.17) is 19.9 Å². The van der Waals surface area contributed by atoms with Gasteiger partial charge in [0.05, 0.1) is 38.0 Å². The molecule has 0 saturated heterocycles. The van der Waals surface area contributed by atoms with Crippen molar-refractivity contribution < 1.29 is 14.2 Å². The van der Waals surface area contributed by atoms with E-state index >= 15 is 0 Å². The molecule has 6 heteroatoms. The van der Waals surface area contributed by atoms with E-state index in [1.165, 1.54) is 0 Å². The molecule has 0 aliphatic heterocycles. The number of methoxy groups -OCH3 is 3. The van der Waals surface area contributed by atoms with Crippen LogP contribution in [0.15, 0.2) is 42.4 Å². The standard InChI is InChI=1S/C20H25N3O3.C2H6/c1-23-12-22-19(13-8-9-17(25-3)18(11-13)26-4)20(23)14-6-5-7-16(24-2)15(21)10-14;1-2/h6,8-12,16H,5,7,21H2,1-4H3;1-2H3. The molecule has 2 aromatic rings. The van der Waals surface area contributed by atoms with Gasteiger partial charge in [0.25, 0.3) is 0 Å². The number of rotatable bonds is 5. The first kappa shape index (κ1) is 21.6. The summed E-state index contributed by atoms with van der Waals surface area (Å²) in [6, 6.07) is 5.81. The number of hydrogen-bond donors (Lipinski definition) is 1. The maximum absolute atomic E-state index is 6.24. The molecule has 1 heterocycles. The van der Waals surface area contributed by atoms with Crippen molar-refractivity contribution in [3.63, 3.8) is 0 Å². The van der Waals surface area contributed by atoms with Gasteiger partial charge in [-0.05, 0) is 42.7 Å². The van der Waals surface area contributed by atoms with Crippen LogP contribution >= 0.6 is 0 Å². The number of benzene rings is 1. The normalized spacial score (nSPS) is 16.3. The molecule has 152 valence electrons. The van der Waals surface area contributed by atoms with Gasteiger partial charge in [-0.1, -0.05) is 19.9 Å². The number of nitrogens with zero attached hydrogens (tertiary/aromatic N) is 2. The first-order chi connectivity index (χ1) is 13.6. The van der Waals surface area contributed by atoms with E-state index in [1.807, 2.05) is 56.1 Å². The highest BCUT2D eigenvalue weighted by Crippen LogP contribution is 2.36. The summed E-state index contributed by atoms with van der Waals surface area (Å²) < 4.78 is 18.2. The van der Waals surface area contributed by atoms with E-state index in [0.29, 0.717) is 11.5 Å². The molecule has 0 bridgehead atoms. The van der Waals surface area contributed by atoms with Gasteiger partial charge in [0.2, 0.25) is 0 Å². The molecule has 1 aliphatic carbocycles. The third-order valence-electron chi connectivity index (χ3n) is 4.64. The zero-order valence-electron chi connectivity index (χ0n) is 17.7. The summed E-state index contributed by atoms with van der Waals surface area (Å²) in [5, 5.41) is 0. The average Bonchev–Trinajstić information content (AvgIpc) is 3.01. The van der Waals surface area contributed by atoms with E-state index in [2.05, 4.69) is 11.1 Å². The monoisotopic (exact) mass is 385 g/mol. The summed E-state index contributed by atoms with van der Waals surface area (Å²) >= 11 is 0. The van der Waals surface area contributed by atoms with Crippen molar-refractivity contribution in [2.75, 3.05) is 21.3 Å². The van der Waals surface area contributed by atoms with Crippen molar-refractivity contribution >= 4 is 5.57 Å². The molecule has 0 radical (unpaired) electrons. The fourth-order valence-electron chi connectivity index (χ4n) is 3.27. The van der Waals surface area contributed by atoms with Crippen molar-refractivity contribution in [1.29, 1.82) is 0 Å². The molecule has 2 N–H and O–H groups in total. The highest BCUT2D eigenvalue weighted by atomic mass is 16.5. The molecule has 28 heavy (non-hydrogen) atoms. The molecule has 3 rings (SSSR count). The molecule has 1 aromatic carbocycles. The van der Waals surface area contributed by atoms with Gasteiger partial charge in [-0.2, -0.15) is 0 Å². The van der Waals surface area contributed by atoms with Crippen molar-refractivity contribution in [3.8, 4) is 22.8 Å². The Bertz CT molecular complexity index is 853. The number of aromatic nitrogens is 2. The third kappa shape index (κ3) is 4.39. The zero-order valence-corrected chi connectivity index (χ0v) is 17.7. The van der Waals surface area contributed by atoms with E-state index in [1.54, 1.807) is 21.3 Å². The molecular formula is C22H31N3O3. The predicted octanol–water partition coefficient (Wildman–Crippen LogP) is 4.17. The van der Waals surface area contributed by atoms with Gasteiger partial charge in [0, 0.05) is 25.4 Å². The van der Waals surface area contributed by atoms with Crippen molar-refractivity contribution in [1.82, 2.24) is 9.55 Å². The van der Waals surface area contributed by atoms with Gasteiger partial charge in [0.1, 0.15) is 0 Å². The number of imidazole rings is 1. The molecule has 1 unspecified atom stereocenters. The summed E-state index contributed by atoms with van der Waals surface area (Å²) in [7, 11) is 6.93. The van der Waals surface area contributed by atoms with Crippen LogP contribution in [0, 0.1) is 0 Å². The first-order valence-electron chi connectivity index (χ1n) is 9.53. The van der Waals surface area contributed by atoms with E-state index in [-0.39, 0.29) is 6.10 Å². The lowest BCUT2D eigenvalue weighted by Crippen LogP contribution is -2.19. The van der Waals surface area contributed by atoms with Crippen LogP contribution in [0.25, 0.3) is 16.8 Å². The number of allylic oxidation sites excluding steroid dienone is 3. The molecule has 0 fully saturated rings. The van der Waals surface area contributed by atoms with Crippen molar-refractivity contribution in [2.45, 2.75) is 32.8 Å². The van der Waals surface area contributed by atoms with Gasteiger partial charge in [-0.15, -0.1) is 0 Å². The second kappa shape index (κ2) is 9.99. The minimum atomic E-state index is -0.0542. The van der Waals surface area contributed by atoms with E-state index < -0.39 is 0 Å². The van der Waals surface area contributed by atoms with Crippen molar-refractivity contribution in [2.24, 2.45) is 12.8 Å². The van der Waals surface area contributed by atoms with Crippen molar-refractivity contribution in [3.05, 3.63) is 48.1 Å². The highest BCUT2D eigenvalue weighted by molar-refractivity contribution is 5.83. The molecule has 0 spiro atoms. The van der Waals surface area contributed by atoms with Crippen LogP contribution in [-0.4, -0.2) is 37.0 Å². The third-order valence-corrected chi connectivity index (χ3v) is 4.64. The topological polar surface area (TPSA) is 71.5 Å². The Kier molecular flexibility index (Phi) is 7.70. The Morgan fingerprint density at radius 1 is 1.11 bits per heavy atom. The highest BCUT2D eigenvalue weighted by Gasteiger charge is 2.20. The fraction of sp³-hybridized carbons (Fsp3) is 0.409. The van der Waals surface area contributed by atoms with Gasteiger partial charge >= 0.3 is 0 Å². The van der Waals surface area contributed by atoms with Gasteiger partial charge in [-0.3, -0.25) is 0 Å². The number of aryl methyl sites for hydroxylation is 1. The molecule has 0 amide bonds. The molecule has 1 aromatic heterocycles. The van der Waals surface area contributed by atoms with E-state index in [0.717, 1.165) is 41.1 Å². The minimum absolute atomic E-state index is 0.0542. The molecule has 1 aliphatic rings. The van der Waals surface area contributed by atoms with Gasteiger partial charge in [-0.25, -0.2) is 4.98 Å². The zero-order chi connectivity index (χ0) is 20.7. The summed E-state index contributed by atoms with van der Waals surface area (Å²) in [4.78, 5) is 4.61. The van der Waals surface area contributed by atoms with E-state index in [9.17, 15) is 0 Å². The van der Waals surface area contributed by atoms with Crippen LogP contribution in [0.4, 0.5) is 0 Å². The summed E-state index contributed by atoms with van der Waals surface area (Å²) in [5.41, 5.74) is 10.9. The Balaban J connectivity index is 0.00000136. The summed E-state index contributed by atoms with van der Waals surface area (Å²) in [5.74, 6) is 1.36. The Labute approximate surface area is 167 Å². The van der Waals surface area contributed by atoms with Crippen LogP contribution in [0.5, 0.6) is 11.5 Å². The second-order valence-corrected chi connectivity index (χ2v) is 6.23. The van der Waals surface area contributed by atoms with Crippen LogP contribution in [0.3, 0.4) is 0 Å². The predicted molar refractivity (Wildman–Crippen MR) is 113 cm³/mol. The fourth-order valence-corrected chi connectivity index (χ4v) is 3.27. The minimum Gasteiger partial charge on any atom is -0.493 e. The summed E-state index contributed by atoms with van der Waals surface area (Å²) in [6.07, 6.45) is 7.69. The number of ether oxygens (including phenoxy) is 3. The lowest BCUT2D eigenvalue weighted by molar-refractivity contribution is 0.124. The Morgan fingerprint density at radius 2 is 1.82 bits per heavy atom. The van der Waals surface area contributed by atoms with Crippen LogP contribution in [0.2, 0.25) is 0 Å². The van der Waals surface area contributed by atoms with Gasteiger partial charge in [0.15, 0.2) is 11.5 Å². The number of hydrogen-bond acceptors (Lipinski definition) is 5. The van der Waals surface area contributed by atoms with Crippen LogP contribution < -0.4 is 15.2 Å². The maximum atomic E-state index is 6.24. The molecule has 0 saturated carbocycles. The molecular weight excluding hydrogens is 354 g/mol. The molecule has 6 nitrogen and oxygen atoms in total. The van der Waals surface area contributed by atoms with Crippen LogP contribution in [0.1, 0.15) is 32.4 Å². The SMILES string of the molecule is CC.COc1ccc(-c2ncn(C)c2C2=CCCC(OC)C(N)=C2)cc1OC. The summed E-state index contributed by atoms with van der Waals surface area (Å²) in [6.45, 7) is 4.00. The average molecular weight is 386 g/mol. The Hall–Kier alpha value is -2.73. The lowest BCUT2D eigenvalue weighted by Gasteiger charge is -2.13. The largest absolute Gasteiger partial charge is 0.493 e. The smallest absolute Gasteiger partial charge is 0.161 e. The quantitative estimate of drug-likeness (QED) is 0.836. The lowest BCUT2D eigenvalue weighted by atomic mass is 10.0.